The van der Waals surface area contributed by atoms with E-state index in [9.17, 15) is 9.59 Å². The van der Waals surface area contributed by atoms with Crippen molar-refractivity contribution in [2.75, 3.05) is 5.75 Å². The molecule has 4 rings (SSSR count). The highest BCUT2D eigenvalue weighted by molar-refractivity contribution is 8.14. The molecule has 0 saturated carbocycles. The molecule has 0 spiro atoms. The zero-order valence-electron chi connectivity index (χ0n) is 16.1. The average Bonchev–Trinajstić information content (AvgIpc) is 3.12. The van der Waals surface area contributed by atoms with Crippen LogP contribution in [-0.4, -0.2) is 39.5 Å². The van der Waals surface area contributed by atoms with Gasteiger partial charge in [0.2, 0.25) is 5.91 Å². The SMILES string of the molecule is N#CCSC1=Nc2ccccc2C2=N[C@@H](CCC(=O)NCc3ccccc3)C(=O)N12. The fourth-order valence-corrected chi connectivity index (χ4v) is 4.00. The van der Waals surface area contributed by atoms with E-state index in [1.165, 1.54) is 16.7 Å². The number of nitrogens with one attached hydrogen (secondary N) is 1. The lowest BCUT2D eigenvalue weighted by Gasteiger charge is -2.25. The zero-order valence-corrected chi connectivity index (χ0v) is 16.9. The lowest BCUT2D eigenvalue weighted by atomic mass is 10.1. The second-order valence-electron chi connectivity index (χ2n) is 6.80. The van der Waals surface area contributed by atoms with E-state index in [0.29, 0.717) is 24.0 Å². The summed E-state index contributed by atoms with van der Waals surface area (Å²) < 4.78 is 0. The molecule has 2 aliphatic rings. The molecule has 30 heavy (non-hydrogen) atoms. The van der Waals surface area contributed by atoms with Crippen LogP contribution in [0.2, 0.25) is 0 Å². The van der Waals surface area contributed by atoms with E-state index in [4.69, 9.17) is 5.26 Å². The van der Waals surface area contributed by atoms with Gasteiger partial charge in [0.15, 0.2) is 5.17 Å². The van der Waals surface area contributed by atoms with Crippen LogP contribution in [0.3, 0.4) is 0 Å². The van der Waals surface area contributed by atoms with Gasteiger partial charge in [-0.1, -0.05) is 54.2 Å². The fraction of sp³-hybridized carbons (Fsp3) is 0.227. The van der Waals surface area contributed by atoms with Crippen LogP contribution in [0.4, 0.5) is 5.69 Å². The van der Waals surface area contributed by atoms with E-state index < -0.39 is 6.04 Å². The standard InChI is InChI=1S/C22H19N5O2S/c23-12-13-30-22-26-17-9-5-4-8-16(17)20-25-18(21(29)27(20)22)10-11-19(28)24-14-15-6-2-1-3-7-15/h1-9,18H,10-11,13-14H2,(H,24,28)/t18-/m0/s1. The predicted octanol–water partition coefficient (Wildman–Crippen LogP) is 3.00. The molecule has 0 fully saturated rings. The topological polar surface area (TPSA) is 97.9 Å². The molecular weight excluding hydrogens is 398 g/mol. The molecule has 0 unspecified atom stereocenters. The van der Waals surface area contributed by atoms with Gasteiger partial charge in [-0.25, -0.2) is 9.89 Å². The Morgan fingerprint density at radius 1 is 1.17 bits per heavy atom. The Kier molecular flexibility index (Phi) is 5.91. The normalized spacial score (nSPS) is 16.8. The largest absolute Gasteiger partial charge is 0.352 e. The molecule has 2 heterocycles. The Morgan fingerprint density at radius 3 is 2.73 bits per heavy atom. The minimum atomic E-state index is -0.637. The molecule has 8 heteroatoms. The minimum Gasteiger partial charge on any atom is -0.352 e. The molecule has 0 saturated heterocycles. The van der Waals surface area contributed by atoms with Crippen molar-refractivity contribution in [2.45, 2.75) is 25.4 Å². The highest BCUT2D eigenvalue weighted by Gasteiger charge is 2.41. The van der Waals surface area contributed by atoms with Gasteiger partial charge < -0.3 is 5.32 Å². The van der Waals surface area contributed by atoms with Crippen LogP contribution in [0, 0.1) is 11.3 Å². The van der Waals surface area contributed by atoms with Crippen LogP contribution in [-0.2, 0) is 16.1 Å². The van der Waals surface area contributed by atoms with Crippen molar-refractivity contribution in [3.05, 3.63) is 65.7 Å². The van der Waals surface area contributed by atoms with Gasteiger partial charge in [0, 0.05) is 18.5 Å². The van der Waals surface area contributed by atoms with Crippen LogP contribution in [0.15, 0.2) is 64.6 Å². The van der Waals surface area contributed by atoms with Gasteiger partial charge >= 0.3 is 0 Å². The number of thioether (sulfide) groups is 1. The molecule has 1 atom stereocenters. The number of fused-ring (bicyclic) bond motifs is 3. The highest BCUT2D eigenvalue weighted by atomic mass is 32.2. The van der Waals surface area contributed by atoms with E-state index in [2.05, 4.69) is 21.4 Å². The van der Waals surface area contributed by atoms with E-state index in [1.54, 1.807) is 0 Å². The summed E-state index contributed by atoms with van der Waals surface area (Å²) in [6.07, 6.45) is 0.519. The number of amidine groups is 2. The third-order valence-corrected chi connectivity index (χ3v) is 5.60. The number of nitriles is 1. The summed E-state index contributed by atoms with van der Waals surface area (Å²) in [6.45, 7) is 0.452. The van der Waals surface area contributed by atoms with E-state index in [0.717, 1.165) is 16.8 Å². The molecule has 0 radical (unpaired) electrons. The molecular formula is C22H19N5O2S. The third-order valence-electron chi connectivity index (χ3n) is 4.79. The van der Waals surface area contributed by atoms with Gasteiger partial charge in [-0.3, -0.25) is 14.6 Å². The quantitative estimate of drug-likeness (QED) is 0.781. The number of aliphatic imine (C=N–C) groups is 2. The number of amides is 2. The van der Waals surface area contributed by atoms with Crippen molar-refractivity contribution >= 4 is 40.3 Å². The summed E-state index contributed by atoms with van der Waals surface area (Å²) in [7, 11) is 0. The Balaban J connectivity index is 1.45. The van der Waals surface area contributed by atoms with E-state index >= 15 is 0 Å². The Bertz CT molecular complexity index is 1070. The number of nitrogens with zero attached hydrogens (tertiary/aromatic N) is 4. The van der Waals surface area contributed by atoms with Crippen molar-refractivity contribution in [2.24, 2.45) is 9.98 Å². The number of benzene rings is 2. The molecule has 7 nitrogen and oxygen atoms in total. The first-order valence-electron chi connectivity index (χ1n) is 9.57. The van der Waals surface area contributed by atoms with E-state index in [-0.39, 0.29) is 24.0 Å². The van der Waals surface area contributed by atoms with Crippen molar-refractivity contribution < 1.29 is 9.59 Å². The lowest BCUT2D eigenvalue weighted by molar-refractivity contribution is -0.125. The maximum absolute atomic E-state index is 13.0. The maximum Gasteiger partial charge on any atom is 0.259 e. The number of hydrogen-bond donors (Lipinski definition) is 1. The van der Waals surface area contributed by atoms with Crippen LogP contribution in [0.5, 0.6) is 0 Å². The van der Waals surface area contributed by atoms with Crippen LogP contribution < -0.4 is 5.32 Å². The zero-order chi connectivity index (χ0) is 20.9. The van der Waals surface area contributed by atoms with Gasteiger partial charge in [0.25, 0.3) is 5.91 Å². The summed E-state index contributed by atoms with van der Waals surface area (Å²) in [6, 6.07) is 18.6. The van der Waals surface area contributed by atoms with Gasteiger partial charge in [-0.2, -0.15) is 5.26 Å². The number of rotatable bonds is 6. The molecule has 150 valence electrons. The first-order valence-corrected chi connectivity index (χ1v) is 10.6. The number of carbonyl (C=O) groups excluding carboxylic acids is 2. The van der Waals surface area contributed by atoms with Crippen molar-refractivity contribution in [3.8, 4) is 6.07 Å². The van der Waals surface area contributed by atoms with Crippen molar-refractivity contribution in [1.82, 2.24) is 10.2 Å². The Hall–Kier alpha value is -3.44. The summed E-state index contributed by atoms with van der Waals surface area (Å²) in [5.74, 6) is 0.398. The van der Waals surface area contributed by atoms with Gasteiger partial charge in [-0.05, 0) is 24.1 Å². The summed E-state index contributed by atoms with van der Waals surface area (Å²) >= 11 is 1.21. The van der Waals surface area contributed by atoms with Crippen molar-refractivity contribution in [3.63, 3.8) is 0 Å². The average molecular weight is 417 g/mol. The lowest BCUT2D eigenvalue weighted by Crippen LogP contribution is -2.41. The molecule has 0 aromatic heterocycles. The highest BCUT2D eigenvalue weighted by Crippen LogP contribution is 2.34. The number of para-hydroxylation sites is 1. The van der Waals surface area contributed by atoms with Crippen LogP contribution >= 0.6 is 11.8 Å². The molecule has 2 aromatic rings. The monoisotopic (exact) mass is 417 g/mol. The van der Waals surface area contributed by atoms with Gasteiger partial charge in [-0.15, -0.1) is 0 Å². The first-order chi connectivity index (χ1) is 14.7. The fourth-order valence-electron chi connectivity index (χ4n) is 3.34. The number of hydrogen-bond acceptors (Lipinski definition) is 6. The Labute approximate surface area is 178 Å². The second-order valence-corrected chi connectivity index (χ2v) is 7.74. The molecule has 1 N–H and O–H groups in total. The molecule has 2 aliphatic heterocycles. The van der Waals surface area contributed by atoms with Gasteiger partial charge in [0.1, 0.15) is 11.9 Å². The minimum absolute atomic E-state index is 0.120. The van der Waals surface area contributed by atoms with E-state index in [1.807, 2.05) is 54.6 Å². The first kappa shape index (κ1) is 19.9. The van der Waals surface area contributed by atoms with Gasteiger partial charge in [0.05, 0.1) is 17.5 Å². The summed E-state index contributed by atoms with van der Waals surface area (Å²) in [4.78, 5) is 35.9. The number of carbonyl (C=O) groups is 2. The Morgan fingerprint density at radius 2 is 1.93 bits per heavy atom. The molecule has 2 aromatic carbocycles. The smallest absolute Gasteiger partial charge is 0.259 e. The summed E-state index contributed by atoms with van der Waals surface area (Å²) in [5, 5.41) is 12.3. The van der Waals surface area contributed by atoms with Crippen LogP contribution in [0.1, 0.15) is 24.0 Å². The molecule has 0 aliphatic carbocycles. The molecule has 0 bridgehead atoms. The molecule has 2 amide bonds. The van der Waals surface area contributed by atoms with Crippen molar-refractivity contribution in [1.29, 1.82) is 5.26 Å². The maximum atomic E-state index is 13.0. The van der Waals surface area contributed by atoms with Crippen LogP contribution in [0.25, 0.3) is 0 Å². The third kappa shape index (κ3) is 4.11. The summed E-state index contributed by atoms with van der Waals surface area (Å²) in [5.41, 5.74) is 2.53. The second kappa shape index (κ2) is 8.93. The predicted molar refractivity (Wildman–Crippen MR) is 116 cm³/mol.